The molecule has 0 unspecified atom stereocenters. The Morgan fingerprint density at radius 2 is 1.75 bits per heavy atom. The van der Waals surface area contributed by atoms with Gasteiger partial charge in [-0.05, 0) is 44.1 Å². The normalized spacial score (nSPS) is 12.5. The molecule has 74 valence electrons. The summed E-state index contributed by atoms with van der Waals surface area (Å²) in [4.78, 5) is 2.39. The van der Waals surface area contributed by atoms with Crippen molar-refractivity contribution in [2.45, 2.75) is 33.6 Å². The van der Waals surface area contributed by atoms with Gasteiger partial charge < -0.3 is 4.90 Å². The average Bonchev–Trinajstić information content (AvgIpc) is 1.95. The van der Waals surface area contributed by atoms with E-state index in [2.05, 4.69) is 45.3 Å². The zero-order chi connectivity index (χ0) is 9.61. The third kappa shape index (κ3) is 8.41. The second-order valence-electron chi connectivity index (χ2n) is 4.69. The highest BCUT2D eigenvalue weighted by molar-refractivity contribution is 7.80. The van der Waals surface area contributed by atoms with Crippen LogP contribution in [0.15, 0.2) is 0 Å². The molecule has 0 aromatic rings. The van der Waals surface area contributed by atoms with Crippen LogP contribution in [-0.2, 0) is 0 Å². The molecule has 0 aliphatic carbocycles. The van der Waals surface area contributed by atoms with Gasteiger partial charge in [0, 0.05) is 0 Å². The summed E-state index contributed by atoms with van der Waals surface area (Å²) in [6.07, 6.45) is 2.47. The van der Waals surface area contributed by atoms with Crippen molar-refractivity contribution in [1.82, 2.24) is 4.90 Å². The maximum absolute atomic E-state index is 4.19. The van der Waals surface area contributed by atoms with Crippen molar-refractivity contribution in [1.29, 1.82) is 0 Å². The van der Waals surface area contributed by atoms with Crippen LogP contribution in [-0.4, -0.2) is 30.8 Å². The summed E-state index contributed by atoms with van der Waals surface area (Å²) < 4.78 is 0. The van der Waals surface area contributed by atoms with E-state index in [0.29, 0.717) is 5.41 Å². The molecule has 1 nitrogen and oxygen atoms in total. The van der Waals surface area contributed by atoms with E-state index in [1.165, 1.54) is 25.9 Å². The molecular weight excluding hydrogens is 166 g/mol. The number of thiol groups is 1. The third-order valence-corrected chi connectivity index (χ3v) is 2.26. The van der Waals surface area contributed by atoms with E-state index in [1.54, 1.807) is 0 Å². The van der Waals surface area contributed by atoms with Crippen LogP contribution in [0.2, 0.25) is 0 Å². The summed E-state index contributed by atoms with van der Waals surface area (Å²) in [7, 11) is 2.19. The number of nitrogens with zero attached hydrogens (tertiary/aromatic N) is 1. The van der Waals surface area contributed by atoms with Crippen LogP contribution in [0.25, 0.3) is 0 Å². The van der Waals surface area contributed by atoms with E-state index >= 15 is 0 Å². The van der Waals surface area contributed by atoms with Gasteiger partial charge in [0.25, 0.3) is 0 Å². The monoisotopic (exact) mass is 189 g/mol. The molecule has 0 atom stereocenters. The molecular formula is C10H23NS. The summed E-state index contributed by atoms with van der Waals surface area (Å²) in [6, 6.07) is 0. The Balaban J connectivity index is 3.37. The molecule has 0 rings (SSSR count). The van der Waals surface area contributed by atoms with Crippen molar-refractivity contribution in [2.24, 2.45) is 5.41 Å². The first-order valence-corrected chi connectivity index (χ1v) is 5.38. The lowest BCUT2D eigenvalue weighted by Gasteiger charge is -2.23. The molecule has 0 N–H and O–H groups in total. The minimum absolute atomic E-state index is 0.467. The van der Waals surface area contributed by atoms with E-state index in [0.717, 1.165) is 5.75 Å². The molecule has 0 saturated carbocycles. The predicted octanol–water partition coefficient (Wildman–Crippen LogP) is 2.67. The summed E-state index contributed by atoms with van der Waals surface area (Å²) in [5.74, 6) is 1.000. The minimum atomic E-state index is 0.467. The van der Waals surface area contributed by atoms with E-state index in [9.17, 15) is 0 Å². The lowest BCUT2D eigenvalue weighted by Crippen LogP contribution is -2.24. The molecule has 0 aromatic carbocycles. The Labute approximate surface area is 82.9 Å². The molecule has 0 fully saturated rings. The van der Waals surface area contributed by atoms with E-state index in [1.807, 2.05) is 0 Å². The van der Waals surface area contributed by atoms with E-state index < -0.39 is 0 Å². The molecule has 0 amide bonds. The van der Waals surface area contributed by atoms with Gasteiger partial charge in [0.2, 0.25) is 0 Å². The lowest BCUT2D eigenvalue weighted by molar-refractivity contribution is 0.265. The van der Waals surface area contributed by atoms with Crippen molar-refractivity contribution >= 4 is 12.6 Å². The molecule has 0 aromatic heterocycles. The first kappa shape index (κ1) is 12.3. The molecule has 12 heavy (non-hydrogen) atoms. The SMILES string of the molecule is CN(CCCS)CCC(C)(C)C. The highest BCUT2D eigenvalue weighted by Crippen LogP contribution is 2.18. The van der Waals surface area contributed by atoms with Gasteiger partial charge in [-0.2, -0.15) is 12.6 Å². The van der Waals surface area contributed by atoms with Crippen LogP contribution in [0, 0.1) is 5.41 Å². The summed E-state index contributed by atoms with van der Waals surface area (Å²) in [5.41, 5.74) is 0.467. The Hall–Kier alpha value is 0.310. The van der Waals surface area contributed by atoms with Crippen molar-refractivity contribution < 1.29 is 0 Å². The second kappa shape index (κ2) is 5.87. The fourth-order valence-corrected chi connectivity index (χ4v) is 1.12. The van der Waals surface area contributed by atoms with Crippen LogP contribution < -0.4 is 0 Å². The molecule has 0 heterocycles. The van der Waals surface area contributed by atoms with Crippen molar-refractivity contribution in [3.05, 3.63) is 0 Å². The second-order valence-corrected chi connectivity index (χ2v) is 5.14. The van der Waals surface area contributed by atoms with Crippen LogP contribution in [0.4, 0.5) is 0 Å². The summed E-state index contributed by atoms with van der Waals surface area (Å²) >= 11 is 4.19. The topological polar surface area (TPSA) is 3.24 Å². The standard InChI is InChI=1S/C10H23NS/c1-10(2,3)6-8-11(4)7-5-9-12/h12H,5-9H2,1-4H3. The van der Waals surface area contributed by atoms with Crippen molar-refractivity contribution in [3.63, 3.8) is 0 Å². The summed E-state index contributed by atoms with van der Waals surface area (Å²) in [5, 5.41) is 0. The van der Waals surface area contributed by atoms with Crippen LogP contribution in [0.3, 0.4) is 0 Å². The number of hydrogen-bond donors (Lipinski definition) is 1. The molecule has 0 aliphatic rings. The molecule has 0 radical (unpaired) electrons. The Bertz CT molecular complexity index is 107. The van der Waals surface area contributed by atoms with Gasteiger partial charge >= 0.3 is 0 Å². The Kier molecular flexibility index (Phi) is 6.02. The van der Waals surface area contributed by atoms with E-state index in [4.69, 9.17) is 0 Å². The fourth-order valence-electron chi connectivity index (χ4n) is 0.979. The largest absolute Gasteiger partial charge is 0.306 e. The molecule has 0 aliphatic heterocycles. The molecule has 0 spiro atoms. The van der Waals surface area contributed by atoms with Crippen LogP contribution in [0.1, 0.15) is 33.6 Å². The fraction of sp³-hybridized carbons (Fsp3) is 1.00. The first-order chi connectivity index (χ1) is 5.45. The van der Waals surface area contributed by atoms with Gasteiger partial charge in [-0.15, -0.1) is 0 Å². The highest BCUT2D eigenvalue weighted by atomic mass is 32.1. The van der Waals surface area contributed by atoms with Crippen LogP contribution >= 0.6 is 12.6 Å². The minimum Gasteiger partial charge on any atom is -0.306 e. The Morgan fingerprint density at radius 1 is 1.17 bits per heavy atom. The first-order valence-electron chi connectivity index (χ1n) is 4.75. The van der Waals surface area contributed by atoms with Gasteiger partial charge in [-0.1, -0.05) is 20.8 Å². The highest BCUT2D eigenvalue weighted by Gasteiger charge is 2.10. The molecule has 0 saturated heterocycles. The van der Waals surface area contributed by atoms with Gasteiger partial charge in [0.15, 0.2) is 0 Å². The Morgan fingerprint density at radius 3 is 2.17 bits per heavy atom. The van der Waals surface area contributed by atoms with Gasteiger partial charge in [0.1, 0.15) is 0 Å². The van der Waals surface area contributed by atoms with Gasteiger partial charge in [-0.3, -0.25) is 0 Å². The number of rotatable bonds is 5. The maximum atomic E-state index is 4.19. The lowest BCUT2D eigenvalue weighted by atomic mass is 9.92. The average molecular weight is 189 g/mol. The smallest absolute Gasteiger partial charge is 0.00140 e. The van der Waals surface area contributed by atoms with Gasteiger partial charge in [0.05, 0.1) is 0 Å². The zero-order valence-corrected chi connectivity index (χ0v) is 9.82. The zero-order valence-electron chi connectivity index (χ0n) is 8.93. The molecule has 0 bridgehead atoms. The van der Waals surface area contributed by atoms with Gasteiger partial charge in [-0.25, -0.2) is 0 Å². The maximum Gasteiger partial charge on any atom is -0.00140 e. The van der Waals surface area contributed by atoms with Crippen molar-refractivity contribution in [2.75, 3.05) is 25.9 Å². The van der Waals surface area contributed by atoms with Crippen LogP contribution in [0.5, 0.6) is 0 Å². The van der Waals surface area contributed by atoms with E-state index in [-0.39, 0.29) is 0 Å². The van der Waals surface area contributed by atoms with Crippen molar-refractivity contribution in [3.8, 4) is 0 Å². The predicted molar refractivity (Wildman–Crippen MR) is 60.0 cm³/mol. The third-order valence-electron chi connectivity index (χ3n) is 1.94. The quantitative estimate of drug-likeness (QED) is 0.651. The summed E-state index contributed by atoms with van der Waals surface area (Å²) in [6.45, 7) is 9.26. The number of hydrogen-bond acceptors (Lipinski definition) is 2. The molecule has 2 heteroatoms.